The van der Waals surface area contributed by atoms with Gasteiger partial charge >= 0.3 is 0 Å². The van der Waals surface area contributed by atoms with E-state index in [1.165, 1.54) is 5.56 Å². The molecular weight excluding hydrogens is 314 g/mol. The number of aromatic nitrogens is 1. The van der Waals surface area contributed by atoms with Crippen molar-refractivity contribution < 1.29 is 9.84 Å². The zero-order chi connectivity index (χ0) is 17.5. The number of aliphatic hydroxyl groups is 1. The summed E-state index contributed by atoms with van der Waals surface area (Å²) < 4.78 is 5.63. The van der Waals surface area contributed by atoms with Gasteiger partial charge in [0, 0.05) is 51.2 Å². The molecule has 5 nitrogen and oxygen atoms in total. The third kappa shape index (κ3) is 5.26. The monoisotopic (exact) mass is 341 g/mol. The standard InChI is InChI=1S/C20H27N3O2/c1-17(18-6-5-9-21-14-18)23-12-10-22(11-13-23)15-19(24)16-25-20-7-3-2-4-8-20/h2-9,14,17,19,24H,10-13,15-16H2,1H3/t17-,19+/m1/s1. The first-order chi connectivity index (χ1) is 12.2. The molecule has 134 valence electrons. The van der Waals surface area contributed by atoms with Gasteiger partial charge in [0.15, 0.2) is 0 Å². The first-order valence-corrected chi connectivity index (χ1v) is 8.94. The first kappa shape index (κ1) is 17.9. The molecule has 2 heterocycles. The summed E-state index contributed by atoms with van der Waals surface area (Å²) in [6.07, 6.45) is 3.29. The minimum Gasteiger partial charge on any atom is -0.491 e. The molecule has 1 aliphatic rings. The van der Waals surface area contributed by atoms with Crippen molar-refractivity contribution in [2.45, 2.75) is 19.1 Å². The molecular formula is C20H27N3O2. The maximum atomic E-state index is 10.2. The molecule has 25 heavy (non-hydrogen) atoms. The minimum absolute atomic E-state index is 0.330. The Hall–Kier alpha value is -1.95. The summed E-state index contributed by atoms with van der Waals surface area (Å²) in [5.41, 5.74) is 1.26. The predicted molar refractivity (Wildman–Crippen MR) is 98.6 cm³/mol. The second-order valence-electron chi connectivity index (χ2n) is 6.58. The van der Waals surface area contributed by atoms with Gasteiger partial charge in [-0.2, -0.15) is 0 Å². The lowest BCUT2D eigenvalue weighted by Crippen LogP contribution is -2.49. The lowest BCUT2D eigenvalue weighted by molar-refractivity contribution is 0.0380. The molecule has 1 saturated heterocycles. The molecule has 0 aliphatic carbocycles. The van der Waals surface area contributed by atoms with Gasteiger partial charge in [0.25, 0.3) is 0 Å². The van der Waals surface area contributed by atoms with Crippen LogP contribution in [0.3, 0.4) is 0 Å². The largest absolute Gasteiger partial charge is 0.491 e. The van der Waals surface area contributed by atoms with Crippen LogP contribution in [0, 0.1) is 0 Å². The third-order valence-corrected chi connectivity index (χ3v) is 4.78. The van der Waals surface area contributed by atoms with Crippen molar-refractivity contribution in [1.29, 1.82) is 0 Å². The van der Waals surface area contributed by atoms with E-state index in [0.717, 1.165) is 31.9 Å². The summed E-state index contributed by atoms with van der Waals surface area (Å²) in [7, 11) is 0. The van der Waals surface area contributed by atoms with Crippen LogP contribution >= 0.6 is 0 Å². The number of ether oxygens (including phenoxy) is 1. The van der Waals surface area contributed by atoms with Gasteiger partial charge in [-0.05, 0) is 30.7 Å². The van der Waals surface area contributed by atoms with Crippen molar-refractivity contribution in [3.8, 4) is 5.75 Å². The summed E-state index contributed by atoms with van der Waals surface area (Å²) in [5.74, 6) is 0.802. The van der Waals surface area contributed by atoms with Crippen LogP contribution in [0.2, 0.25) is 0 Å². The second kappa shape index (κ2) is 8.94. The zero-order valence-electron chi connectivity index (χ0n) is 14.8. The van der Waals surface area contributed by atoms with Crippen LogP contribution in [0.1, 0.15) is 18.5 Å². The highest BCUT2D eigenvalue weighted by molar-refractivity contribution is 5.20. The van der Waals surface area contributed by atoms with Gasteiger partial charge in [0.1, 0.15) is 18.5 Å². The molecule has 3 rings (SSSR count). The van der Waals surface area contributed by atoms with Gasteiger partial charge in [-0.15, -0.1) is 0 Å². The second-order valence-corrected chi connectivity index (χ2v) is 6.58. The Morgan fingerprint density at radius 3 is 2.52 bits per heavy atom. The Kier molecular flexibility index (Phi) is 6.39. The molecule has 1 aromatic carbocycles. The van der Waals surface area contributed by atoms with Crippen LogP contribution in [0.15, 0.2) is 54.9 Å². The average molecular weight is 341 g/mol. The van der Waals surface area contributed by atoms with Crippen molar-refractivity contribution in [2.24, 2.45) is 0 Å². The van der Waals surface area contributed by atoms with Gasteiger partial charge in [-0.25, -0.2) is 0 Å². The average Bonchev–Trinajstić information content (AvgIpc) is 2.68. The number of piperazine rings is 1. The Labute approximate surface area is 149 Å². The maximum Gasteiger partial charge on any atom is 0.119 e. The lowest BCUT2D eigenvalue weighted by Gasteiger charge is -2.38. The van der Waals surface area contributed by atoms with Gasteiger partial charge in [-0.3, -0.25) is 14.8 Å². The number of aliphatic hydroxyl groups excluding tert-OH is 1. The van der Waals surface area contributed by atoms with E-state index >= 15 is 0 Å². The molecule has 1 aliphatic heterocycles. The molecule has 5 heteroatoms. The number of β-amino-alcohol motifs (C(OH)–C–C–N with tert-alkyl or cyclic N) is 1. The van der Waals surface area contributed by atoms with E-state index < -0.39 is 6.10 Å². The number of rotatable bonds is 7. The van der Waals surface area contributed by atoms with E-state index in [2.05, 4.69) is 27.8 Å². The summed E-state index contributed by atoms with van der Waals surface area (Å²) in [4.78, 5) is 9.00. The Morgan fingerprint density at radius 1 is 1.08 bits per heavy atom. The van der Waals surface area contributed by atoms with E-state index in [1.807, 2.05) is 48.8 Å². The number of hydrogen-bond acceptors (Lipinski definition) is 5. The molecule has 0 saturated carbocycles. The number of para-hydroxylation sites is 1. The number of hydrogen-bond donors (Lipinski definition) is 1. The number of pyridine rings is 1. The fourth-order valence-electron chi connectivity index (χ4n) is 3.23. The molecule has 2 aromatic rings. The van der Waals surface area contributed by atoms with E-state index in [9.17, 15) is 5.11 Å². The minimum atomic E-state index is -0.470. The van der Waals surface area contributed by atoms with Crippen molar-refractivity contribution in [3.63, 3.8) is 0 Å². The topological polar surface area (TPSA) is 48.8 Å². The highest BCUT2D eigenvalue weighted by Gasteiger charge is 2.23. The summed E-state index contributed by atoms with van der Waals surface area (Å²) >= 11 is 0. The van der Waals surface area contributed by atoms with Crippen molar-refractivity contribution in [3.05, 3.63) is 60.4 Å². The van der Waals surface area contributed by atoms with E-state index in [-0.39, 0.29) is 0 Å². The molecule has 0 bridgehead atoms. The fourth-order valence-corrected chi connectivity index (χ4v) is 3.23. The highest BCUT2D eigenvalue weighted by Crippen LogP contribution is 2.20. The van der Waals surface area contributed by atoms with Crippen molar-refractivity contribution in [1.82, 2.24) is 14.8 Å². The van der Waals surface area contributed by atoms with E-state index in [1.54, 1.807) is 0 Å². The summed E-state index contributed by atoms with van der Waals surface area (Å²) in [6.45, 7) is 7.15. The van der Waals surface area contributed by atoms with Gasteiger partial charge in [0.05, 0.1) is 0 Å². The van der Waals surface area contributed by atoms with Crippen LogP contribution in [-0.2, 0) is 0 Å². The predicted octanol–water partition coefficient (Wildman–Crippen LogP) is 2.20. The molecule has 0 spiro atoms. The first-order valence-electron chi connectivity index (χ1n) is 8.94. The van der Waals surface area contributed by atoms with Gasteiger partial charge in [-0.1, -0.05) is 24.3 Å². The molecule has 0 radical (unpaired) electrons. The smallest absolute Gasteiger partial charge is 0.119 e. The Morgan fingerprint density at radius 2 is 1.84 bits per heavy atom. The molecule has 1 aromatic heterocycles. The third-order valence-electron chi connectivity index (χ3n) is 4.78. The quantitative estimate of drug-likeness (QED) is 0.837. The van der Waals surface area contributed by atoms with Gasteiger partial charge < -0.3 is 9.84 Å². The van der Waals surface area contributed by atoms with Crippen molar-refractivity contribution in [2.75, 3.05) is 39.3 Å². The molecule has 2 atom stereocenters. The van der Waals surface area contributed by atoms with Crippen molar-refractivity contribution >= 4 is 0 Å². The Balaban J connectivity index is 1.40. The molecule has 0 unspecified atom stereocenters. The van der Waals surface area contributed by atoms with Crippen LogP contribution in [0.25, 0.3) is 0 Å². The van der Waals surface area contributed by atoms with Crippen LogP contribution in [-0.4, -0.2) is 65.3 Å². The molecule has 1 N–H and O–H groups in total. The molecule has 0 amide bonds. The Bertz CT molecular complexity index is 615. The van der Waals surface area contributed by atoms with E-state index in [0.29, 0.717) is 19.2 Å². The maximum absolute atomic E-state index is 10.2. The number of benzene rings is 1. The molecule has 1 fully saturated rings. The summed E-state index contributed by atoms with van der Waals surface area (Å²) in [5, 5.41) is 10.2. The fraction of sp³-hybridized carbons (Fsp3) is 0.450. The van der Waals surface area contributed by atoms with Gasteiger partial charge in [0.2, 0.25) is 0 Å². The van der Waals surface area contributed by atoms with Crippen LogP contribution < -0.4 is 4.74 Å². The van der Waals surface area contributed by atoms with E-state index in [4.69, 9.17) is 4.74 Å². The summed E-state index contributed by atoms with van der Waals surface area (Å²) in [6, 6.07) is 14.1. The zero-order valence-corrected chi connectivity index (χ0v) is 14.8. The normalized spacial score (nSPS) is 18.6. The SMILES string of the molecule is C[C@H](c1cccnc1)N1CCN(C[C@H](O)COc2ccccc2)CC1. The lowest BCUT2D eigenvalue weighted by atomic mass is 10.1. The van der Waals surface area contributed by atoms with Crippen LogP contribution in [0.4, 0.5) is 0 Å². The highest BCUT2D eigenvalue weighted by atomic mass is 16.5. The number of nitrogens with zero attached hydrogens (tertiary/aromatic N) is 3. The van der Waals surface area contributed by atoms with Crippen LogP contribution in [0.5, 0.6) is 5.75 Å².